The van der Waals surface area contributed by atoms with Crippen LogP contribution >= 0.6 is 15.9 Å². The predicted octanol–water partition coefficient (Wildman–Crippen LogP) is 3.50. The molecule has 8 heteroatoms. The zero-order chi connectivity index (χ0) is 18.4. The minimum atomic E-state index is -0.502. The van der Waals surface area contributed by atoms with E-state index in [0.717, 1.165) is 11.1 Å². The summed E-state index contributed by atoms with van der Waals surface area (Å²) in [5.41, 5.74) is 4.79. The molecular formula is C17H16BrN3O4. The Morgan fingerprint density at radius 3 is 2.76 bits per heavy atom. The number of benzene rings is 2. The zero-order valence-electron chi connectivity index (χ0n) is 13.7. The maximum Gasteiger partial charge on any atom is 0.284 e. The van der Waals surface area contributed by atoms with Crippen molar-refractivity contribution in [1.29, 1.82) is 0 Å². The van der Waals surface area contributed by atoms with Crippen LogP contribution < -0.4 is 10.2 Å². The van der Waals surface area contributed by atoms with Gasteiger partial charge in [0.2, 0.25) is 0 Å². The highest BCUT2D eigenvalue weighted by Crippen LogP contribution is 2.24. The summed E-state index contributed by atoms with van der Waals surface area (Å²) < 4.78 is 5.82. The SMILES string of the molecule is Cc1ccc(OCC(=O)N/N=C/c2ccc(Br)c([N+](=O)[O-])c2)c(C)c1. The van der Waals surface area contributed by atoms with Gasteiger partial charge in [-0.1, -0.05) is 23.8 Å². The minimum Gasteiger partial charge on any atom is -0.483 e. The summed E-state index contributed by atoms with van der Waals surface area (Å²) in [6, 6.07) is 10.2. The molecule has 0 spiro atoms. The Balaban J connectivity index is 1.90. The van der Waals surface area contributed by atoms with E-state index in [2.05, 4.69) is 26.5 Å². The highest BCUT2D eigenvalue weighted by molar-refractivity contribution is 9.10. The number of nitro benzene ring substituents is 1. The van der Waals surface area contributed by atoms with Crippen molar-refractivity contribution in [3.63, 3.8) is 0 Å². The van der Waals surface area contributed by atoms with Gasteiger partial charge in [-0.15, -0.1) is 0 Å². The zero-order valence-corrected chi connectivity index (χ0v) is 15.2. The van der Waals surface area contributed by atoms with Crippen LogP contribution in [0.5, 0.6) is 5.75 Å². The van der Waals surface area contributed by atoms with Crippen molar-refractivity contribution >= 4 is 33.7 Å². The molecule has 0 aliphatic carbocycles. The fourth-order valence-electron chi connectivity index (χ4n) is 2.07. The Labute approximate surface area is 153 Å². The van der Waals surface area contributed by atoms with E-state index in [4.69, 9.17) is 4.74 Å². The molecule has 2 aromatic carbocycles. The Hall–Kier alpha value is -2.74. The van der Waals surface area contributed by atoms with E-state index in [0.29, 0.717) is 15.8 Å². The minimum absolute atomic E-state index is 0.0755. The Morgan fingerprint density at radius 1 is 1.32 bits per heavy atom. The third-order valence-corrected chi connectivity index (χ3v) is 3.93. The molecule has 0 atom stereocenters. The third kappa shape index (κ3) is 5.39. The lowest BCUT2D eigenvalue weighted by Crippen LogP contribution is -2.24. The second-order valence-corrected chi connectivity index (χ2v) is 6.17. The maximum atomic E-state index is 11.7. The third-order valence-electron chi connectivity index (χ3n) is 3.26. The van der Waals surface area contributed by atoms with Crippen LogP contribution in [0.2, 0.25) is 0 Å². The maximum absolute atomic E-state index is 11.7. The van der Waals surface area contributed by atoms with Gasteiger partial charge < -0.3 is 4.74 Å². The van der Waals surface area contributed by atoms with Crippen molar-refractivity contribution in [3.8, 4) is 5.75 Å². The van der Waals surface area contributed by atoms with Gasteiger partial charge in [-0.25, -0.2) is 5.43 Å². The first-order valence-electron chi connectivity index (χ1n) is 7.32. The molecule has 0 unspecified atom stereocenters. The number of aryl methyl sites for hydroxylation is 2. The van der Waals surface area contributed by atoms with Gasteiger partial charge in [0.25, 0.3) is 11.6 Å². The lowest BCUT2D eigenvalue weighted by molar-refractivity contribution is -0.385. The van der Waals surface area contributed by atoms with Crippen molar-refractivity contribution < 1.29 is 14.5 Å². The van der Waals surface area contributed by atoms with Crippen LogP contribution in [0.3, 0.4) is 0 Å². The molecule has 7 nitrogen and oxygen atoms in total. The average molecular weight is 406 g/mol. The number of halogens is 1. The van der Waals surface area contributed by atoms with Gasteiger partial charge >= 0.3 is 0 Å². The molecule has 0 aliphatic heterocycles. The molecule has 25 heavy (non-hydrogen) atoms. The number of carbonyl (C=O) groups is 1. The van der Waals surface area contributed by atoms with Gasteiger partial charge in [0, 0.05) is 11.6 Å². The highest BCUT2D eigenvalue weighted by Gasteiger charge is 2.11. The van der Waals surface area contributed by atoms with Gasteiger partial charge in [0.15, 0.2) is 6.61 Å². The molecule has 1 amide bonds. The average Bonchev–Trinajstić information content (AvgIpc) is 2.55. The monoisotopic (exact) mass is 405 g/mol. The molecule has 2 aromatic rings. The molecule has 130 valence electrons. The second kappa shape index (κ2) is 8.39. The standard InChI is InChI=1S/C17H16BrN3O4/c1-11-3-6-16(12(2)7-11)25-10-17(22)20-19-9-13-4-5-14(18)15(8-13)21(23)24/h3-9H,10H2,1-2H3,(H,20,22)/b19-9+. The first-order valence-corrected chi connectivity index (χ1v) is 8.12. The van der Waals surface area contributed by atoms with Gasteiger partial charge in [-0.05, 0) is 47.5 Å². The first kappa shape index (κ1) is 18.6. The van der Waals surface area contributed by atoms with Crippen molar-refractivity contribution in [2.24, 2.45) is 5.10 Å². The number of nitrogens with zero attached hydrogens (tertiary/aromatic N) is 2. The molecule has 0 bridgehead atoms. The predicted molar refractivity (Wildman–Crippen MR) is 97.9 cm³/mol. The van der Waals surface area contributed by atoms with Crippen LogP contribution in [0, 0.1) is 24.0 Å². The van der Waals surface area contributed by atoms with E-state index in [1.54, 1.807) is 12.1 Å². The lowest BCUT2D eigenvalue weighted by Gasteiger charge is -2.08. The van der Waals surface area contributed by atoms with Crippen molar-refractivity contribution in [1.82, 2.24) is 5.43 Å². The molecule has 0 saturated heterocycles. The number of nitro groups is 1. The lowest BCUT2D eigenvalue weighted by atomic mass is 10.1. The summed E-state index contributed by atoms with van der Waals surface area (Å²) in [6.45, 7) is 3.70. The molecule has 0 radical (unpaired) electrons. The summed E-state index contributed by atoms with van der Waals surface area (Å²) in [4.78, 5) is 22.1. The van der Waals surface area contributed by atoms with E-state index >= 15 is 0 Å². The molecule has 0 fully saturated rings. The summed E-state index contributed by atoms with van der Waals surface area (Å²) >= 11 is 3.10. The Morgan fingerprint density at radius 2 is 2.08 bits per heavy atom. The summed E-state index contributed by atoms with van der Waals surface area (Å²) in [7, 11) is 0. The fourth-order valence-corrected chi connectivity index (χ4v) is 2.46. The van der Waals surface area contributed by atoms with Crippen LogP contribution in [0.4, 0.5) is 5.69 Å². The molecule has 1 N–H and O–H groups in total. The van der Waals surface area contributed by atoms with Crippen LogP contribution in [0.1, 0.15) is 16.7 Å². The van der Waals surface area contributed by atoms with Crippen molar-refractivity contribution in [2.45, 2.75) is 13.8 Å². The van der Waals surface area contributed by atoms with E-state index < -0.39 is 10.8 Å². The highest BCUT2D eigenvalue weighted by atomic mass is 79.9. The summed E-state index contributed by atoms with van der Waals surface area (Å²) in [6.07, 6.45) is 1.33. The quantitative estimate of drug-likeness (QED) is 0.451. The number of hydrogen-bond acceptors (Lipinski definition) is 5. The van der Waals surface area contributed by atoms with Crippen LogP contribution in [0.25, 0.3) is 0 Å². The first-order chi connectivity index (χ1) is 11.9. The van der Waals surface area contributed by atoms with Gasteiger partial charge in [-0.2, -0.15) is 5.10 Å². The van der Waals surface area contributed by atoms with Crippen LogP contribution in [0.15, 0.2) is 46.0 Å². The van der Waals surface area contributed by atoms with Gasteiger partial charge in [0.1, 0.15) is 5.75 Å². The van der Waals surface area contributed by atoms with Gasteiger partial charge in [-0.3, -0.25) is 14.9 Å². The van der Waals surface area contributed by atoms with E-state index in [9.17, 15) is 14.9 Å². The van der Waals surface area contributed by atoms with Crippen molar-refractivity contribution in [3.05, 3.63) is 67.7 Å². The smallest absolute Gasteiger partial charge is 0.284 e. The second-order valence-electron chi connectivity index (χ2n) is 5.32. The molecule has 0 saturated carbocycles. The van der Waals surface area contributed by atoms with Gasteiger partial charge in [0.05, 0.1) is 15.6 Å². The number of hydrazone groups is 1. The molecule has 0 aromatic heterocycles. The van der Waals surface area contributed by atoms with E-state index in [1.807, 2.05) is 32.0 Å². The molecule has 0 aliphatic rings. The number of carbonyl (C=O) groups excluding carboxylic acids is 1. The summed E-state index contributed by atoms with van der Waals surface area (Å²) in [5.74, 6) is 0.205. The Kier molecular flexibility index (Phi) is 6.24. The number of amides is 1. The summed E-state index contributed by atoms with van der Waals surface area (Å²) in [5, 5.41) is 14.6. The van der Waals surface area contributed by atoms with E-state index in [1.165, 1.54) is 12.3 Å². The Bertz CT molecular complexity index is 837. The number of nitrogens with one attached hydrogen (secondary N) is 1. The van der Waals surface area contributed by atoms with Crippen molar-refractivity contribution in [2.75, 3.05) is 6.61 Å². The number of rotatable bonds is 6. The normalized spacial score (nSPS) is 10.7. The topological polar surface area (TPSA) is 93.8 Å². The van der Waals surface area contributed by atoms with Crippen LogP contribution in [-0.4, -0.2) is 23.7 Å². The van der Waals surface area contributed by atoms with E-state index in [-0.39, 0.29) is 12.3 Å². The molecular weight excluding hydrogens is 390 g/mol. The number of hydrogen-bond donors (Lipinski definition) is 1. The van der Waals surface area contributed by atoms with Crippen LogP contribution in [-0.2, 0) is 4.79 Å². The molecule has 0 heterocycles. The molecule has 2 rings (SSSR count). The largest absolute Gasteiger partial charge is 0.483 e. The number of ether oxygens (including phenoxy) is 1. The fraction of sp³-hybridized carbons (Fsp3) is 0.176.